The molecule has 1 heterocycles. The van der Waals surface area contributed by atoms with Crippen molar-refractivity contribution in [1.29, 1.82) is 0 Å². The van der Waals surface area contributed by atoms with Crippen LogP contribution in [0.3, 0.4) is 0 Å². The predicted octanol–water partition coefficient (Wildman–Crippen LogP) is 1.90. The van der Waals surface area contributed by atoms with Gasteiger partial charge in [0.25, 0.3) is 0 Å². The number of halogens is 1. The molecule has 0 aliphatic carbocycles. The summed E-state index contributed by atoms with van der Waals surface area (Å²) < 4.78 is 28.1. The molecule has 0 bridgehead atoms. The minimum absolute atomic E-state index is 0.0607. The van der Waals surface area contributed by atoms with E-state index in [2.05, 4.69) is 0 Å². The Morgan fingerprint density at radius 3 is 2.74 bits per heavy atom. The molecule has 1 fully saturated rings. The van der Waals surface area contributed by atoms with Crippen LogP contribution in [0, 0.1) is 10.1 Å². The number of hydrogen-bond donors (Lipinski definition) is 0. The summed E-state index contributed by atoms with van der Waals surface area (Å²) in [6.45, 7) is 0. The maximum Gasteiger partial charge on any atom is 0.311 e. The van der Waals surface area contributed by atoms with Crippen LogP contribution in [0.25, 0.3) is 0 Å². The lowest BCUT2D eigenvalue weighted by Crippen LogP contribution is -2.18. The van der Waals surface area contributed by atoms with Crippen LogP contribution in [-0.4, -0.2) is 31.0 Å². The second-order valence-electron chi connectivity index (χ2n) is 4.34. The second-order valence-corrected chi connectivity index (χ2v) is 6.83. The van der Waals surface area contributed by atoms with Gasteiger partial charge in [-0.15, -0.1) is 11.6 Å². The van der Waals surface area contributed by atoms with E-state index in [0.717, 1.165) is 0 Å². The van der Waals surface area contributed by atoms with Crippen molar-refractivity contribution in [3.05, 3.63) is 33.9 Å². The van der Waals surface area contributed by atoms with Gasteiger partial charge in [0, 0.05) is 11.9 Å². The van der Waals surface area contributed by atoms with Gasteiger partial charge in [-0.1, -0.05) is 6.07 Å². The van der Waals surface area contributed by atoms with Crippen molar-refractivity contribution in [3.63, 3.8) is 0 Å². The Morgan fingerprint density at radius 2 is 2.21 bits per heavy atom. The smallest absolute Gasteiger partial charge is 0.311 e. The topological polar surface area (TPSA) is 86.5 Å². The predicted molar refractivity (Wildman–Crippen MR) is 70.3 cm³/mol. The largest absolute Gasteiger partial charge is 0.482 e. The lowest BCUT2D eigenvalue weighted by Gasteiger charge is -2.12. The van der Waals surface area contributed by atoms with Crippen LogP contribution in [0.15, 0.2) is 18.2 Å². The number of nitro benzene ring substituents is 1. The molecule has 8 heteroatoms. The van der Waals surface area contributed by atoms with E-state index in [0.29, 0.717) is 12.0 Å². The van der Waals surface area contributed by atoms with Gasteiger partial charge in [-0.3, -0.25) is 10.1 Å². The van der Waals surface area contributed by atoms with Gasteiger partial charge in [-0.05, 0) is 18.1 Å². The average Bonchev–Trinajstić information content (AvgIpc) is 2.69. The molecule has 19 heavy (non-hydrogen) atoms. The van der Waals surface area contributed by atoms with Crippen molar-refractivity contribution in [3.8, 4) is 5.75 Å². The van der Waals surface area contributed by atoms with Gasteiger partial charge in [-0.2, -0.15) is 0 Å². The highest BCUT2D eigenvalue weighted by molar-refractivity contribution is 7.91. The maximum atomic E-state index is 11.3. The van der Waals surface area contributed by atoms with Gasteiger partial charge in [-0.25, -0.2) is 8.42 Å². The van der Waals surface area contributed by atoms with Crippen LogP contribution < -0.4 is 4.74 Å². The summed E-state index contributed by atoms with van der Waals surface area (Å²) in [4.78, 5) is 10.4. The fourth-order valence-electron chi connectivity index (χ4n) is 1.92. The molecule has 6 nitrogen and oxygen atoms in total. The van der Waals surface area contributed by atoms with Crippen molar-refractivity contribution in [2.24, 2.45) is 0 Å². The van der Waals surface area contributed by atoms with Crippen molar-refractivity contribution in [1.82, 2.24) is 0 Å². The van der Waals surface area contributed by atoms with Crippen molar-refractivity contribution in [2.75, 3.05) is 11.5 Å². The third-order valence-corrected chi connectivity index (χ3v) is 4.90. The molecular formula is C11H12ClNO5S. The highest BCUT2D eigenvalue weighted by Gasteiger charge is 2.31. The van der Waals surface area contributed by atoms with Crippen LogP contribution >= 0.6 is 11.6 Å². The molecule has 0 N–H and O–H groups in total. The van der Waals surface area contributed by atoms with Gasteiger partial charge in [0.05, 0.1) is 16.4 Å². The van der Waals surface area contributed by atoms with Crippen LogP contribution in [0.1, 0.15) is 12.0 Å². The Morgan fingerprint density at radius 1 is 1.47 bits per heavy atom. The summed E-state index contributed by atoms with van der Waals surface area (Å²) in [5.41, 5.74) is 0.419. The molecule has 1 aliphatic rings. The Hall–Kier alpha value is -1.34. The molecule has 1 unspecified atom stereocenters. The molecule has 1 aliphatic heterocycles. The number of ether oxygens (including phenoxy) is 1. The number of benzene rings is 1. The Labute approximate surface area is 115 Å². The summed E-state index contributed by atoms with van der Waals surface area (Å²) >= 11 is 5.62. The van der Waals surface area contributed by atoms with Crippen molar-refractivity contribution < 1.29 is 18.1 Å². The standard InChI is InChI=1S/C11H12ClNO5S/c12-6-8-1-2-11(10(5-8)13(14)15)18-9-3-4-19(16,17)7-9/h1-2,5,9H,3-4,6-7H2. The Kier molecular flexibility index (Phi) is 3.96. The third-order valence-electron chi connectivity index (χ3n) is 2.86. The lowest BCUT2D eigenvalue weighted by atomic mass is 10.2. The zero-order valence-electron chi connectivity index (χ0n) is 9.91. The molecule has 1 aromatic carbocycles. The minimum Gasteiger partial charge on any atom is -0.482 e. The average molecular weight is 306 g/mol. The normalized spacial score (nSPS) is 21.2. The monoisotopic (exact) mass is 305 g/mol. The van der Waals surface area contributed by atoms with E-state index in [4.69, 9.17) is 16.3 Å². The van der Waals surface area contributed by atoms with Gasteiger partial charge >= 0.3 is 5.69 Å². The molecule has 0 radical (unpaired) electrons. The molecule has 1 saturated heterocycles. The second kappa shape index (κ2) is 5.34. The zero-order chi connectivity index (χ0) is 14.0. The fraction of sp³-hybridized carbons (Fsp3) is 0.455. The fourth-order valence-corrected chi connectivity index (χ4v) is 3.68. The Balaban J connectivity index is 2.23. The summed E-state index contributed by atoms with van der Waals surface area (Å²) in [6, 6.07) is 4.42. The SMILES string of the molecule is O=[N+]([O-])c1cc(CCl)ccc1OC1CCS(=O)(=O)C1. The number of rotatable bonds is 4. The van der Waals surface area contributed by atoms with Crippen LogP contribution in [-0.2, 0) is 15.7 Å². The first kappa shape index (κ1) is 14.1. The number of nitro groups is 1. The van der Waals surface area contributed by atoms with Gasteiger partial charge < -0.3 is 4.74 Å². The summed E-state index contributed by atoms with van der Waals surface area (Å²) in [6.07, 6.45) is -0.165. The van der Waals surface area contributed by atoms with Gasteiger partial charge in [0.1, 0.15) is 6.10 Å². The quantitative estimate of drug-likeness (QED) is 0.482. The van der Waals surface area contributed by atoms with E-state index in [1.54, 1.807) is 6.07 Å². The molecular weight excluding hydrogens is 294 g/mol. The maximum absolute atomic E-state index is 11.3. The van der Waals surface area contributed by atoms with Crippen LogP contribution in [0.5, 0.6) is 5.75 Å². The van der Waals surface area contributed by atoms with Crippen LogP contribution in [0.2, 0.25) is 0 Å². The van der Waals surface area contributed by atoms with Crippen LogP contribution in [0.4, 0.5) is 5.69 Å². The van der Waals surface area contributed by atoms with E-state index < -0.39 is 20.9 Å². The van der Waals surface area contributed by atoms with E-state index >= 15 is 0 Å². The Bertz CT molecular complexity index is 601. The number of nitrogens with zero attached hydrogens (tertiary/aromatic N) is 1. The molecule has 0 spiro atoms. The highest BCUT2D eigenvalue weighted by atomic mass is 35.5. The molecule has 0 saturated carbocycles. The third kappa shape index (κ3) is 3.36. The first-order valence-corrected chi connectivity index (χ1v) is 7.97. The molecule has 104 valence electrons. The van der Waals surface area contributed by atoms with E-state index in [-0.39, 0.29) is 28.8 Å². The summed E-state index contributed by atoms with van der Waals surface area (Å²) in [5, 5.41) is 11.0. The molecule has 1 atom stereocenters. The molecule has 0 amide bonds. The minimum atomic E-state index is -3.08. The highest BCUT2D eigenvalue weighted by Crippen LogP contribution is 2.31. The van der Waals surface area contributed by atoms with E-state index in [1.807, 2.05) is 0 Å². The number of alkyl halides is 1. The molecule has 2 rings (SSSR count). The lowest BCUT2D eigenvalue weighted by molar-refractivity contribution is -0.386. The van der Waals surface area contributed by atoms with E-state index in [1.165, 1.54) is 12.1 Å². The van der Waals surface area contributed by atoms with E-state index in [9.17, 15) is 18.5 Å². The summed E-state index contributed by atoms with van der Waals surface area (Å²) in [5.74, 6) is 0.215. The number of hydrogen-bond acceptors (Lipinski definition) is 5. The first-order valence-electron chi connectivity index (χ1n) is 5.61. The zero-order valence-corrected chi connectivity index (χ0v) is 11.5. The first-order chi connectivity index (χ1) is 8.91. The molecule has 1 aromatic rings. The molecule has 0 aromatic heterocycles. The van der Waals surface area contributed by atoms with Gasteiger partial charge in [0.15, 0.2) is 15.6 Å². The number of sulfone groups is 1. The van der Waals surface area contributed by atoms with Crippen molar-refractivity contribution >= 4 is 27.1 Å². The summed E-state index contributed by atoms with van der Waals surface area (Å²) in [7, 11) is -3.08. The van der Waals surface area contributed by atoms with Crippen molar-refractivity contribution in [2.45, 2.75) is 18.4 Å². The van der Waals surface area contributed by atoms with Gasteiger partial charge in [0.2, 0.25) is 0 Å².